The molecule has 1 aromatic heterocycles. The molecular weight excluding hydrogens is 410 g/mol. The number of carbonyl (C=O) groups is 2. The number of rotatable bonds is 5. The summed E-state index contributed by atoms with van der Waals surface area (Å²) in [7, 11) is 0. The molecule has 3 aromatic rings. The zero-order valence-electron chi connectivity index (χ0n) is 20.3. The number of fused-ring (bicyclic) bond motifs is 1. The van der Waals surface area contributed by atoms with Gasteiger partial charge in [0.05, 0.1) is 0 Å². The lowest BCUT2D eigenvalue weighted by Gasteiger charge is -2.34. The lowest BCUT2D eigenvalue weighted by atomic mass is 9.87. The second-order valence-electron chi connectivity index (χ2n) is 10.3. The maximum absolute atomic E-state index is 13.7. The standard InChI is InChI=1S/C28H33N3O2/c1-8-24(32)31(21-15-13-20(14-16-21)27(2,3)4)25(26(33)30-28(5,6)7)23-18-29-17-19-11-9-10-12-22(19)23/h8-18,25H,1H2,2-7H3,(H,30,33). The van der Waals surface area contributed by atoms with Crippen LogP contribution in [0.2, 0.25) is 0 Å². The Balaban J connectivity index is 2.23. The van der Waals surface area contributed by atoms with Gasteiger partial charge in [-0.1, -0.05) is 63.7 Å². The first kappa shape index (κ1) is 24.2. The van der Waals surface area contributed by atoms with E-state index in [0.29, 0.717) is 11.3 Å². The molecule has 1 N–H and O–H groups in total. The van der Waals surface area contributed by atoms with Gasteiger partial charge in [-0.2, -0.15) is 0 Å². The lowest BCUT2D eigenvalue weighted by molar-refractivity contribution is -0.126. The smallest absolute Gasteiger partial charge is 0.251 e. The van der Waals surface area contributed by atoms with E-state index < -0.39 is 11.6 Å². The highest BCUT2D eigenvalue weighted by atomic mass is 16.2. The molecule has 5 nitrogen and oxygen atoms in total. The highest BCUT2D eigenvalue weighted by Crippen LogP contribution is 2.34. The molecule has 0 fully saturated rings. The third-order valence-corrected chi connectivity index (χ3v) is 5.42. The third kappa shape index (κ3) is 5.48. The molecule has 0 saturated carbocycles. The predicted molar refractivity (Wildman–Crippen MR) is 135 cm³/mol. The van der Waals surface area contributed by atoms with E-state index in [1.807, 2.05) is 69.3 Å². The van der Waals surface area contributed by atoms with E-state index in [1.165, 1.54) is 11.0 Å². The Morgan fingerprint density at radius 3 is 2.18 bits per heavy atom. The molecule has 33 heavy (non-hydrogen) atoms. The van der Waals surface area contributed by atoms with Crippen LogP contribution < -0.4 is 10.2 Å². The van der Waals surface area contributed by atoms with Crippen molar-refractivity contribution < 1.29 is 9.59 Å². The van der Waals surface area contributed by atoms with Crippen molar-refractivity contribution in [1.82, 2.24) is 10.3 Å². The molecule has 2 aromatic carbocycles. The molecule has 1 atom stereocenters. The highest BCUT2D eigenvalue weighted by Gasteiger charge is 2.35. The van der Waals surface area contributed by atoms with Crippen molar-refractivity contribution in [2.45, 2.75) is 58.5 Å². The zero-order chi connectivity index (χ0) is 24.4. The van der Waals surface area contributed by atoms with E-state index in [2.05, 4.69) is 37.7 Å². The number of nitrogens with zero attached hydrogens (tertiary/aromatic N) is 2. The van der Waals surface area contributed by atoms with Crippen LogP contribution >= 0.6 is 0 Å². The van der Waals surface area contributed by atoms with Gasteiger partial charge in [0, 0.05) is 34.6 Å². The van der Waals surface area contributed by atoms with Gasteiger partial charge in [0.1, 0.15) is 6.04 Å². The second kappa shape index (κ2) is 9.18. The largest absolute Gasteiger partial charge is 0.349 e. The van der Waals surface area contributed by atoms with Crippen LogP contribution in [0.3, 0.4) is 0 Å². The lowest BCUT2D eigenvalue weighted by Crippen LogP contribution is -2.49. The molecule has 172 valence electrons. The van der Waals surface area contributed by atoms with Gasteiger partial charge in [0.2, 0.25) is 5.91 Å². The Bertz CT molecular complexity index is 1160. The summed E-state index contributed by atoms with van der Waals surface area (Å²) in [6.07, 6.45) is 4.67. The minimum Gasteiger partial charge on any atom is -0.349 e. The van der Waals surface area contributed by atoms with Gasteiger partial charge in [-0.3, -0.25) is 19.5 Å². The molecule has 1 unspecified atom stereocenters. The number of nitrogens with one attached hydrogen (secondary N) is 1. The monoisotopic (exact) mass is 443 g/mol. The number of hydrogen-bond donors (Lipinski definition) is 1. The van der Waals surface area contributed by atoms with Gasteiger partial charge in [-0.05, 0) is 55.3 Å². The zero-order valence-corrected chi connectivity index (χ0v) is 20.3. The van der Waals surface area contributed by atoms with Gasteiger partial charge in [0.15, 0.2) is 0 Å². The first-order valence-corrected chi connectivity index (χ1v) is 11.1. The van der Waals surface area contributed by atoms with E-state index in [4.69, 9.17) is 0 Å². The summed E-state index contributed by atoms with van der Waals surface area (Å²) in [5, 5.41) is 4.82. The van der Waals surface area contributed by atoms with E-state index in [0.717, 1.165) is 16.3 Å². The van der Waals surface area contributed by atoms with Gasteiger partial charge in [-0.15, -0.1) is 0 Å². The van der Waals surface area contributed by atoms with Crippen LogP contribution in [0.5, 0.6) is 0 Å². The minimum absolute atomic E-state index is 0.0334. The van der Waals surface area contributed by atoms with E-state index in [1.54, 1.807) is 12.4 Å². The molecule has 2 amide bonds. The first-order valence-electron chi connectivity index (χ1n) is 11.1. The van der Waals surface area contributed by atoms with Crippen LogP contribution in [0, 0.1) is 0 Å². The summed E-state index contributed by atoms with van der Waals surface area (Å²) in [5.74, 6) is -0.642. The summed E-state index contributed by atoms with van der Waals surface area (Å²) in [6.45, 7) is 15.9. The van der Waals surface area contributed by atoms with Crippen LogP contribution in [0.1, 0.15) is 58.7 Å². The Kier molecular flexibility index (Phi) is 6.73. The Morgan fingerprint density at radius 2 is 1.61 bits per heavy atom. The normalized spacial score (nSPS) is 12.8. The van der Waals surface area contributed by atoms with Crippen molar-refractivity contribution in [2.75, 3.05) is 4.90 Å². The number of pyridine rings is 1. The summed E-state index contributed by atoms with van der Waals surface area (Å²) >= 11 is 0. The predicted octanol–water partition coefficient (Wildman–Crippen LogP) is 5.71. The molecule has 5 heteroatoms. The van der Waals surface area contributed by atoms with E-state index >= 15 is 0 Å². The number of anilines is 1. The number of aromatic nitrogens is 1. The average Bonchev–Trinajstić information content (AvgIpc) is 2.75. The SMILES string of the molecule is C=CC(=O)N(c1ccc(C(C)(C)C)cc1)C(C(=O)NC(C)(C)C)c1cncc2ccccc12. The summed E-state index contributed by atoms with van der Waals surface area (Å²) in [6, 6.07) is 14.6. The van der Waals surface area contributed by atoms with E-state index in [-0.39, 0.29) is 17.2 Å². The van der Waals surface area contributed by atoms with Crippen molar-refractivity contribution in [3.63, 3.8) is 0 Å². The second-order valence-corrected chi connectivity index (χ2v) is 10.3. The molecule has 0 saturated heterocycles. The van der Waals surface area contributed by atoms with Crippen molar-refractivity contribution >= 4 is 28.3 Å². The molecule has 0 bridgehead atoms. The Morgan fingerprint density at radius 1 is 0.970 bits per heavy atom. The molecular formula is C28H33N3O2. The highest BCUT2D eigenvalue weighted by molar-refractivity contribution is 6.07. The van der Waals surface area contributed by atoms with Gasteiger partial charge >= 0.3 is 0 Å². The maximum atomic E-state index is 13.7. The van der Waals surface area contributed by atoms with E-state index in [9.17, 15) is 9.59 Å². The summed E-state index contributed by atoms with van der Waals surface area (Å²) < 4.78 is 0. The molecule has 0 aliphatic carbocycles. The first-order chi connectivity index (χ1) is 15.4. The molecule has 0 radical (unpaired) electrons. The van der Waals surface area contributed by atoms with Crippen molar-refractivity contribution in [1.29, 1.82) is 0 Å². The summed E-state index contributed by atoms with van der Waals surface area (Å²) in [4.78, 5) is 32.8. The van der Waals surface area contributed by atoms with Crippen LogP contribution in [0.25, 0.3) is 10.8 Å². The maximum Gasteiger partial charge on any atom is 0.251 e. The Labute approximate surface area is 196 Å². The molecule has 3 rings (SSSR count). The summed E-state index contributed by atoms with van der Waals surface area (Å²) in [5.41, 5.74) is 1.90. The van der Waals surface area contributed by atoms with Crippen LogP contribution in [-0.4, -0.2) is 22.3 Å². The number of amides is 2. The van der Waals surface area contributed by atoms with Gasteiger partial charge in [-0.25, -0.2) is 0 Å². The third-order valence-electron chi connectivity index (χ3n) is 5.42. The topological polar surface area (TPSA) is 62.3 Å². The number of hydrogen-bond acceptors (Lipinski definition) is 3. The van der Waals surface area contributed by atoms with Gasteiger partial charge in [0.25, 0.3) is 5.91 Å². The average molecular weight is 444 g/mol. The van der Waals surface area contributed by atoms with Crippen LogP contribution in [0.15, 0.2) is 73.6 Å². The minimum atomic E-state index is -0.922. The number of benzene rings is 2. The van der Waals surface area contributed by atoms with Crippen molar-refractivity contribution in [2.24, 2.45) is 0 Å². The Hall–Kier alpha value is -3.47. The van der Waals surface area contributed by atoms with Crippen molar-refractivity contribution in [3.05, 3.63) is 84.7 Å². The fourth-order valence-electron chi connectivity index (χ4n) is 3.82. The van der Waals surface area contributed by atoms with Crippen LogP contribution in [0.4, 0.5) is 5.69 Å². The van der Waals surface area contributed by atoms with Crippen molar-refractivity contribution in [3.8, 4) is 0 Å². The fourth-order valence-corrected chi connectivity index (χ4v) is 3.82. The molecule has 1 heterocycles. The van der Waals surface area contributed by atoms with Crippen LogP contribution in [-0.2, 0) is 15.0 Å². The number of carbonyl (C=O) groups excluding carboxylic acids is 2. The molecule has 0 aliphatic heterocycles. The quantitative estimate of drug-likeness (QED) is 0.514. The molecule has 0 spiro atoms. The van der Waals surface area contributed by atoms with Gasteiger partial charge < -0.3 is 5.32 Å². The fraction of sp³-hybridized carbons (Fsp3) is 0.321. The molecule has 0 aliphatic rings.